The van der Waals surface area contributed by atoms with Crippen molar-refractivity contribution >= 4 is 5.91 Å². The van der Waals surface area contributed by atoms with Crippen molar-refractivity contribution in [2.45, 2.75) is 69.6 Å². The van der Waals surface area contributed by atoms with Crippen LogP contribution < -0.4 is 11.1 Å². The third kappa shape index (κ3) is 3.23. The monoisotopic (exact) mass is 254 g/mol. The third-order valence-corrected chi connectivity index (χ3v) is 4.49. The topological polar surface area (TPSA) is 64.3 Å². The summed E-state index contributed by atoms with van der Waals surface area (Å²) in [5.74, 6) is 0.156. The van der Waals surface area contributed by atoms with Crippen molar-refractivity contribution in [1.29, 1.82) is 0 Å². The minimum Gasteiger partial charge on any atom is -0.379 e. The van der Waals surface area contributed by atoms with Crippen molar-refractivity contribution in [1.82, 2.24) is 5.32 Å². The normalized spacial score (nSPS) is 37.2. The van der Waals surface area contributed by atoms with Gasteiger partial charge in [-0.25, -0.2) is 0 Å². The summed E-state index contributed by atoms with van der Waals surface area (Å²) >= 11 is 0. The Labute approximate surface area is 110 Å². The molecule has 2 saturated carbocycles. The number of nitrogens with one attached hydrogen (secondary N) is 1. The number of ether oxygens (including phenoxy) is 1. The van der Waals surface area contributed by atoms with E-state index in [1.165, 1.54) is 6.42 Å². The first-order valence-electron chi connectivity index (χ1n) is 7.31. The second-order valence-corrected chi connectivity index (χ2v) is 5.73. The number of rotatable bonds is 3. The predicted octanol–water partition coefficient (Wildman–Crippen LogP) is 1.58. The average Bonchev–Trinajstić information content (AvgIpc) is 2.69. The zero-order chi connectivity index (χ0) is 13.0. The number of hydrogen-bond donors (Lipinski definition) is 2. The Balaban J connectivity index is 1.89. The number of carbonyl (C=O) groups excluding carboxylic acids is 1. The summed E-state index contributed by atoms with van der Waals surface area (Å²) in [7, 11) is 1.73. The van der Waals surface area contributed by atoms with Gasteiger partial charge in [-0.05, 0) is 32.1 Å². The summed E-state index contributed by atoms with van der Waals surface area (Å²) in [6, 6.07) is 0.229. The van der Waals surface area contributed by atoms with Crippen LogP contribution in [0.1, 0.15) is 51.4 Å². The van der Waals surface area contributed by atoms with Gasteiger partial charge in [0.15, 0.2) is 0 Å². The number of methoxy groups -OCH3 is 1. The van der Waals surface area contributed by atoms with E-state index in [0.29, 0.717) is 0 Å². The van der Waals surface area contributed by atoms with E-state index < -0.39 is 0 Å². The van der Waals surface area contributed by atoms with Crippen LogP contribution in [0.5, 0.6) is 0 Å². The van der Waals surface area contributed by atoms with Gasteiger partial charge in [0, 0.05) is 13.2 Å². The van der Waals surface area contributed by atoms with Gasteiger partial charge in [-0.3, -0.25) is 4.79 Å². The molecule has 0 heterocycles. The predicted molar refractivity (Wildman–Crippen MR) is 71.1 cm³/mol. The molecule has 0 radical (unpaired) electrons. The average molecular weight is 254 g/mol. The lowest BCUT2D eigenvalue weighted by molar-refractivity contribution is -0.127. The molecule has 0 aromatic heterocycles. The Hall–Kier alpha value is -0.610. The Morgan fingerprint density at radius 3 is 2.67 bits per heavy atom. The second-order valence-electron chi connectivity index (χ2n) is 5.73. The van der Waals surface area contributed by atoms with E-state index in [1.807, 2.05) is 0 Å². The molecular formula is C14H26N2O2. The molecule has 0 aromatic rings. The molecule has 2 fully saturated rings. The summed E-state index contributed by atoms with van der Waals surface area (Å²) in [6.07, 6.45) is 8.84. The van der Waals surface area contributed by atoms with Crippen molar-refractivity contribution in [3.63, 3.8) is 0 Å². The molecule has 2 rings (SSSR count). The Kier molecular flexibility index (Phi) is 5.01. The lowest BCUT2D eigenvalue weighted by Crippen LogP contribution is -2.47. The second kappa shape index (κ2) is 6.53. The molecule has 0 saturated heterocycles. The van der Waals surface area contributed by atoms with Crippen molar-refractivity contribution in [2.24, 2.45) is 11.7 Å². The van der Waals surface area contributed by atoms with E-state index in [2.05, 4.69) is 5.32 Å². The van der Waals surface area contributed by atoms with Crippen molar-refractivity contribution < 1.29 is 9.53 Å². The minimum atomic E-state index is 0.00519. The van der Waals surface area contributed by atoms with Crippen LogP contribution in [0.2, 0.25) is 0 Å². The smallest absolute Gasteiger partial charge is 0.224 e. The number of amides is 1. The van der Waals surface area contributed by atoms with Crippen molar-refractivity contribution in [3.8, 4) is 0 Å². The van der Waals surface area contributed by atoms with Crippen LogP contribution in [-0.2, 0) is 9.53 Å². The van der Waals surface area contributed by atoms with Gasteiger partial charge in [0.25, 0.3) is 0 Å². The molecule has 3 N–H and O–H groups in total. The molecule has 0 spiro atoms. The van der Waals surface area contributed by atoms with Crippen LogP contribution >= 0.6 is 0 Å². The van der Waals surface area contributed by atoms with Crippen LogP contribution in [0.15, 0.2) is 0 Å². The summed E-state index contributed by atoms with van der Waals surface area (Å²) in [5, 5.41) is 3.16. The molecule has 0 aromatic carbocycles. The summed E-state index contributed by atoms with van der Waals surface area (Å²) in [5.41, 5.74) is 6.13. The highest BCUT2D eigenvalue weighted by atomic mass is 16.5. The molecule has 0 aliphatic heterocycles. The molecule has 1 amide bonds. The molecule has 0 bridgehead atoms. The van der Waals surface area contributed by atoms with E-state index in [9.17, 15) is 4.79 Å². The molecule has 2 aliphatic rings. The van der Waals surface area contributed by atoms with E-state index in [-0.39, 0.29) is 30.0 Å². The molecule has 104 valence electrons. The van der Waals surface area contributed by atoms with Crippen LogP contribution in [0.4, 0.5) is 0 Å². The van der Waals surface area contributed by atoms with Gasteiger partial charge in [0.1, 0.15) is 0 Å². The number of nitrogens with two attached hydrogens (primary N) is 1. The van der Waals surface area contributed by atoms with Crippen LogP contribution in [0.25, 0.3) is 0 Å². The first-order valence-corrected chi connectivity index (χ1v) is 7.31. The van der Waals surface area contributed by atoms with Crippen LogP contribution in [0.3, 0.4) is 0 Å². The number of hydrogen-bond acceptors (Lipinski definition) is 3. The third-order valence-electron chi connectivity index (χ3n) is 4.49. The largest absolute Gasteiger partial charge is 0.379 e. The van der Waals surface area contributed by atoms with E-state index in [0.717, 1.165) is 44.9 Å². The summed E-state index contributed by atoms with van der Waals surface area (Å²) < 4.78 is 5.42. The molecule has 4 nitrogen and oxygen atoms in total. The van der Waals surface area contributed by atoms with Gasteiger partial charge >= 0.3 is 0 Å². The van der Waals surface area contributed by atoms with Gasteiger partial charge in [-0.1, -0.05) is 19.3 Å². The van der Waals surface area contributed by atoms with E-state index >= 15 is 0 Å². The SMILES string of the molecule is COC1CCCC1NC(=O)C1CCCCCC1N. The Morgan fingerprint density at radius 1 is 1.11 bits per heavy atom. The standard InChI is InChI=1S/C14H26N2O2/c1-18-13-9-5-8-12(13)16-14(17)10-6-3-2-4-7-11(10)15/h10-13H,2-9,15H2,1H3,(H,16,17). The molecular weight excluding hydrogens is 228 g/mol. The first-order chi connectivity index (χ1) is 8.72. The minimum absolute atomic E-state index is 0.00519. The van der Waals surface area contributed by atoms with E-state index in [4.69, 9.17) is 10.5 Å². The van der Waals surface area contributed by atoms with Gasteiger partial charge in [-0.15, -0.1) is 0 Å². The lowest BCUT2D eigenvalue weighted by Gasteiger charge is -2.25. The Morgan fingerprint density at radius 2 is 1.89 bits per heavy atom. The maximum absolute atomic E-state index is 12.3. The van der Waals surface area contributed by atoms with Gasteiger partial charge in [0.2, 0.25) is 5.91 Å². The van der Waals surface area contributed by atoms with E-state index in [1.54, 1.807) is 7.11 Å². The van der Waals surface area contributed by atoms with Crippen LogP contribution in [0, 0.1) is 5.92 Å². The molecule has 4 unspecified atom stereocenters. The quantitative estimate of drug-likeness (QED) is 0.752. The highest BCUT2D eigenvalue weighted by Crippen LogP contribution is 2.25. The Bertz CT molecular complexity index is 283. The fourth-order valence-corrected chi connectivity index (χ4v) is 3.32. The van der Waals surface area contributed by atoms with Crippen molar-refractivity contribution in [2.75, 3.05) is 7.11 Å². The molecule has 4 heteroatoms. The summed E-state index contributed by atoms with van der Waals surface area (Å²) in [6.45, 7) is 0. The van der Waals surface area contributed by atoms with Gasteiger partial charge in [0.05, 0.1) is 18.1 Å². The molecule has 2 aliphatic carbocycles. The maximum Gasteiger partial charge on any atom is 0.224 e. The van der Waals surface area contributed by atoms with Gasteiger partial charge in [-0.2, -0.15) is 0 Å². The fourth-order valence-electron chi connectivity index (χ4n) is 3.32. The highest BCUT2D eigenvalue weighted by Gasteiger charge is 2.32. The zero-order valence-electron chi connectivity index (χ0n) is 11.4. The maximum atomic E-state index is 12.3. The summed E-state index contributed by atoms with van der Waals surface area (Å²) in [4.78, 5) is 12.3. The van der Waals surface area contributed by atoms with Crippen molar-refractivity contribution in [3.05, 3.63) is 0 Å². The highest BCUT2D eigenvalue weighted by molar-refractivity contribution is 5.79. The number of carbonyl (C=O) groups is 1. The lowest BCUT2D eigenvalue weighted by atomic mass is 9.94. The molecule has 4 atom stereocenters. The fraction of sp³-hybridized carbons (Fsp3) is 0.929. The zero-order valence-corrected chi connectivity index (χ0v) is 11.4. The van der Waals surface area contributed by atoms with Crippen LogP contribution in [-0.4, -0.2) is 31.2 Å². The molecule has 18 heavy (non-hydrogen) atoms. The van der Waals surface area contributed by atoms with Gasteiger partial charge < -0.3 is 15.8 Å². The first kappa shape index (κ1) is 13.8.